The summed E-state index contributed by atoms with van der Waals surface area (Å²) in [6.45, 7) is 3.77. The van der Waals surface area contributed by atoms with Gasteiger partial charge in [0, 0.05) is 11.9 Å². The molecule has 1 unspecified atom stereocenters. The summed E-state index contributed by atoms with van der Waals surface area (Å²) in [6.07, 6.45) is 3.11. The predicted molar refractivity (Wildman–Crippen MR) is 56.0 cm³/mol. The molecule has 1 atom stereocenters. The molecule has 0 bridgehead atoms. The topological polar surface area (TPSA) is 56.0 Å². The second-order valence-electron chi connectivity index (χ2n) is 3.44. The van der Waals surface area contributed by atoms with Crippen molar-refractivity contribution in [1.82, 2.24) is 4.98 Å². The fourth-order valence-corrected chi connectivity index (χ4v) is 1.11. The van der Waals surface area contributed by atoms with E-state index in [9.17, 15) is 4.79 Å². The minimum atomic E-state index is -0.400. The monoisotopic (exact) mass is 192 g/mol. The first-order chi connectivity index (χ1) is 6.63. The Balaban J connectivity index is 2.64. The van der Waals surface area contributed by atoms with Crippen LogP contribution in [0.15, 0.2) is 18.3 Å². The van der Waals surface area contributed by atoms with Crippen LogP contribution < -0.4 is 5.73 Å². The largest absolute Gasteiger partial charge is 0.322 e. The highest BCUT2D eigenvalue weighted by Crippen LogP contribution is 2.02. The minimum Gasteiger partial charge on any atom is -0.322 e. The maximum absolute atomic E-state index is 11.3. The number of nitrogens with two attached hydrogens (primary N) is 1. The number of aryl methyl sites for hydroxylation is 1. The number of ketones is 1. The molecule has 0 radical (unpaired) electrons. The molecule has 0 aliphatic heterocycles. The summed E-state index contributed by atoms with van der Waals surface area (Å²) in [5.74, 6) is 0.0294. The van der Waals surface area contributed by atoms with Crippen LogP contribution in [0, 0.1) is 0 Å². The maximum atomic E-state index is 11.3. The lowest BCUT2D eigenvalue weighted by atomic mass is 10.1. The molecule has 14 heavy (non-hydrogen) atoms. The van der Waals surface area contributed by atoms with Crippen molar-refractivity contribution >= 4 is 5.78 Å². The number of carbonyl (C=O) groups is 1. The molecule has 3 nitrogen and oxygen atoms in total. The molecule has 1 aromatic heterocycles. The number of rotatable bonds is 4. The normalized spacial score (nSPS) is 12.5. The zero-order valence-corrected chi connectivity index (χ0v) is 8.66. The van der Waals surface area contributed by atoms with E-state index in [1.54, 1.807) is 6.92 Å². The highest BCUT2D eigenvalue weighted by Gasteiger charge is 2.08. The summed E-state index contributed by atoms with van der Waals surface area (Å²) in [4.78, 5) is 15.5. The fourth-order valence-electron chi connectivity index (χ4n) is 1.11. The third-order valence-electron chi connectivity index (χ3n) is 2.16. The van der Waals surface area contributed by atoms with Gasteiger partial charge in [0.1, 0.15) is 0 Å². The van der Waals surface area contributed by atoms with Crippen LogP contribution >= 0.6 is 0 Å². The van der Waals surface area contributed by atoms with Crippen molar-refractivity contribution < 1.29 is 4.79 Å². The van der Waals surface area contributed by atoms with Gasteiger partial charge < -0.3 is 5.73 Å². The zero-order chi connectivity index (χ0) is 10.6. The summed E-state index contributed by atoms with van der Waals surface area (Å²) in [5, 5.41) is 0. The first-order valence-corrected chi connectivity index (χ1v) is 4.85. The maximum Gasteiger partial charge on any atom is 0.155 e. The van der Waals surface area contributed by atoms with Crippen LogP contribution in [0.3, 0.4) is 0 Å². The molecule has 1 rings (SSSR count). The van der Waals surface area contributed by atoms with Crippen molar-refractivity contribution in [2.45, 2.75) is 32.7 Å². The van der Waals surface area contributed by atoms with Crippen LogP contribution in [0.2, 0.25) is 0 Å². The van der Waals surface area contributed by atoms with Gasteiger partial charge in [-0.15, -0.1) is 0 Å². The summed E-state index contributed by atoms with van der Waals surface area (Å²) in [5.41, 5.74) is 7.44. The number of carbonyl (C=O) groups excluding carboxylic acids is 1. The summed E-state index contributed by atoms with van der Waals surface area (Å²) < 4.78 is 0. The Hall–Kier alpha value is -1.22. The SMILES string of the molecule is CCc1ccc(CC(=O)C(C)N)nc1. The minimum absolute atomic E-state index is 0.0294. The molecule has 1 heterocycles. The Morgan fingerprint density at radius 3 is 2.71 bits per heavy atom. The quantitative estimate of drug-likeness (QED) is 0.777. The van der Waals surface area contributed by atoms with Crippen molar-refractivity contribution in [3.8, 4) is 0 Å². The lowest BCUT2D eigenvalue weighted by molar-refractivity contribution is -0.119. The molecular formula is C11H16N2O. The van der Waals surface area contributed by atoms with E-state index >= 15 is 0 Å². The number of hydrogen-bond donors (Lipinski definition) is 1. The molecule has 0 amide bonds. The van der Waals surface area contributed by atoms with Crippen molar-refractivity contribution in [3.63, 3.8) is 0 Å². The van der Waals surface area contributed by atoms with E-state index in [2.05, 4.69) is 11.9 Å². The Bertz CT molecular complexity index is 304. The number of aromatic nitrogens is 1. The zero-order valence-electron chi connectivity index (χ0n) is 8.66. The third-order valence-corrected chi connectivity index (χ3v) is 2.16. The van der Waals surface area contributed by atoms with Gasteiger partial charge in [0.25, 0.3) is 0 Å². The number of pyridine rings is 1. The lowest BCUT2D eigenvalue weighted by Gasteiger charge is -2.04. The van der Waals surface area contributed by atoms with Crippen LogP contribution in [0.4, 0.5) is 0 Å². The van der Waals surface area contributed by atoms with Gasteiger partial charge in [-0.1, -0.05) is 13.0 Å². The van der Waals surface area contributed by atoms with Crippen LogP contribution in [-0.4, -0.2) is 16.8 Å². The van der Waals surface area contributed by atoms with Gasteiger partial charge in [0.05, 0.1) is 12.5 Å². The average Bonchev–Trinajstić information content (AvgIpc) is 2.19. The van der Waals surface area contributed by atoms with E-state index < -0.39 is 6.04 Å². The van der Waals surface area contributed by atoms with E-state index in [4.69, 9.17) is 5.73 Å². The van der Waals surface area contributed by atoms with E-state index in [0.29, 0.717) is 6.42 Å². The highest BCUT2D eigenvalue weighted by atomic mass is 16.1. The van der Waals surface area contributed by atoms with E-state index in [-0.39, 0.29) is 5.78 Å². The third kappa shape index (κ3) is 2.92. The lowest BCUT2D eigenvalue weighted by Crippen LogP contribution is -2.28. The van der Waals surface area contributed by atoms with Crippen molar-refractivity contribution in [2.75, 3.05) is 0 Å². The van der Waals surface area contributed by atoms with Gasteiger partial charge in [-0.3, -0.25) is 9.78 Å². The Morgan fingerprint density at radius 2 is 2.29 bits per heavy atom. The molecule has 0 aliphatic carbocycles. The second kappa shape index (κ2) is 4.86. The summed E-state index contributed by atoms with van der Waals surface area (Å²) in [6, 6.07) is 3.48. The van der Waals surface area contributed by atoms with Gasteiger partial charge in [-0.2, -0.15) is 0 Å². The molecule has 0 spiro atoms. The summed E-state index contributed by atoms with van der Waals surface area (Å²) >= 11 is 0. The van der Waals surface area contributed by atoms with E-state index in [1.807, 2.05) is 18.3 Å². The second-order valence-corrected chi connectivity index (χ2v) is 3.44. The van der Waals surface area contributed by atoms with Gasteiger partial charge in [0.15, 0.2) is 5.78 Å². The number of hydrogen-bond acceptors (Lipinski definition) is 3. The standard InChI is InChI=1S/C11H16N2O/c1-3-9-4-5-10(13-7-9)6-11(14)8(2)12/h4-5,7-8H,3,6,12H2,1-2H3. The molecule has 0 fully saturated rings. The predicted octanol–water partition coefficient (Wildman–Crippen LogP) is 1.10. The van der Waals surface area contributed by atoms with E-state index in [0.717, 1.165) is 12.1 Å². The molecule has 76 valence electrons. The molecule has 3 heteroatoms. The van der Waals surface area contributed by atoms with Gasteiger partial charge >= 0.3 is 0 Å². The Kier molecular flexibility index (Phi) is 3.77. The smallest absolute Gasteiger partial charge is 0.155 e. The average molecular weight is 192 g/mol. The van der Waals surface area contributed by atoms with Gasteiger partial charge in [-0.25, -0.2) is 0 Å². The fraction of sp³-hybridized carbons (Fsp3) is 0.455. The van der Waals surface area contributed by atoms with E-state index in [1.165, 1.54) is 5.56 Å². The van der Waals surface area contributed by atoms with Crippen molar-refractivity contribution in [1.29, 1.82) is 0 Å². The van der Waals surface area contributed by atoms with Gasteiger partial charge in [-0.05, 0) is 25.0 Å². The van der Waals surface area contributed by atoms with Crippen LogP contribution in [0.5, 0.6) is 0 Å². The number of nitrogens with zero attached hydrogens (tertiary/aromatic N) is 1. The molecule has 0 saturated heterocycles. The van der Waals surface area contributed by atoms with Gasteiger partial charge in [0.2, 0.25) is 0 Å². The summed E-state index contributed by atoms with van der Waals surface area (Å²) in [7, 11) is 0. The molecule has 0 saturated carbocycles. The number of Topliss-reactive ketones (excluding diaryl/α,β-unsaturated/α-hetero) is 1. The Morgan fingerprint density at radius 1 is 1.57 bits per heavy atom. The highest BCUT2D eigenvalue weighted by molar-refractivity contribution is 5.85. The van der Waals surface area contributed by atoms with Crippen molar-refractivity contribution in [2.24, 2.45) is 5.73 Å². The molecular weight excluding hydrogens is 176 g/mol. The Labute approximate surface area is 84.3 Å². The first-order valence-electron chi connectivity index (χ1n) is 4.85. The molecule has 2 N–H and O–H groups in total. The van der Waals surface area contributed by atoms with Crippen LogP contribution in [0.25, 0.3) is 0 Å². The van der Waals surface area contributed by atoms with Crippen LogP contribution in [0.1, 0.15) is 25.1 Å². The first kappa shape index (κ1) is 10.9. The van der Waals surface area contributed by atoms with Crippen LogP contribution in [-0.2, 0) is 17.6 Å². The molecule has 0 aliphatic rings. The van der Waals surface area contributed by atoms with Crippen molar-refractivity contribution in [3.05, 3.63) is 29.6 Å². The molecule has 0 aromatic carbocycles. The molecule has 1 aromatic rings.